The summed E-state index contributed by atoms with van der Waals surface area (Å²) in [4.78, 5) is 40.3. The van der Waals surface area contributed by atoms with Gasteiger partial charge in [-0.25, -0.2) is 9.59 Å². The molecule has 2 aromatic rings. The molecule has 2 fully saturated rings. The molecular formula is C32H46Cu2N6O14. The number of aliphatic hydroxyl groups excluding tert-OH is 2. The van der Waals surface area contributed by atoms with Gasteiger partial charge in [-0.3, -0.25) is 0 Å². The van der Waals surface area contributed by atoms with Crippen LogP contribution in [0.1, 0.15) is 94.3 Å². The third-order valence-corrected chi connectivity index (χ3v) is 8.73. The topological polar surface area (TPSA) is 342 Å². The molecule has 20 nitrogen and oxygen atoms in total. The minimum atomic E-state index is -1.75. The van der Waals surface area contributed by atoms with Crippen LogP contribution in [0.25, 0.3) is 0 Å². The van der Waals surface area contributed by atoms with Crippen molar-refractivity contribution >= 4 is 11.9 Å². The Kier molecular flexibility index (Phi) is 26.8. The van der Waals surface area contributed by atoms with Gasteiger partial charge in [0.15, 0.2) is 0 Å². The first-order valence-corrected chi connectivity index (χ1v) is 16.3. The largest absolute Gasteiger partial charge is 2.00 e. The van der Waals surface area contributed by atoms with Crippen LogP contribution in [-0.2, 0) is 60.3 Å². The van der Waals surface area contributed by atoms with Gasteiger partial charge in [-0.1, -0.05) is 37.2 Å². The molecule has 54 heavy (non-hydrogen) atoms. The predicted molar refractivity (Wildman–Crippen MR) is 182 cm³/mol. The molecule has 0 unspecified atom stereocenters. The number of carbonyl (C=O) groups is 2. The van der Waals surface area contributed by atoms with Crippen molar-refractivity contribution < 1.29 is 84.5 Å². The number of aromatic carboxylic acids is 2. The first kappa shape index (κ1) is 52.3. The SMILES string of the molecule is CO.CO.O=C(O)c1cc2c([O-])c(c1)CN[C@@H]1CCCC[C@H]1NCc1cc(C(=O)O)cc(c1[O-])CN[C@@H]1CCCC[C@H]1NC2.O=[N+]([O-])[O-].O=[N+]([O-])[O-].[Cu+2].[Cu+2]. The molecule has 0 saturated heterocycles. The predicted octanol–water partition coefficient (Wildman–Crippen LogP) is 0.659. The molecule has 8 N–H and O–H groups in total. The molecule has 1 heterocycles. The molecule has 4 atom stereocenters. The van der Waals surface area contributed by atoms with Crippen molar-refractivity contribution in [2.75, 3.05) is 14.2 Å². The van der Waals surface area contributed by atoms with Gasteiger partial charge in [0.2, 0.25) is 0 Å². The van der Waals surface area contributed by atoms with Crippen LogP contribution in [0.2, 0.25) is 0 Å². The van der Waals surface area contributed by atoms with Gasteiger partial charge in [-0.05, 0) is 72.2 Å². The normalized spacial score (nSPS) is 20.4. The summed E-state index contributed by atoms with van der Waals surface area (Å²) in [6, 6.07) is 5.95. The van der Waals surface area contributed by atoms with Crippen LogP contribution in [0.3, 0.4) is 0 Å². The molecule has 0 aromatic heterocycles. The molecule has 4 bridgehead atoms. The molecule has 2 aromatic carbocycles. The zero-order valence-corrected chi connectivity index (χ0v) is 31.4. The Balaban J connectivity index is 0. The summed E-state index contributed by atoms with van der Waals surface area (Å²) in [5, 5.41) is 104. The van der Waals surface area contributed by atoms with Crippen molar-refractivity contribution in [1.29, 1.82) is 0 Å². The van der Waals surface area contributed by atoms with Crippen LogP contribution in [0.5, 0.6) is 11.5 Å². The Bertz CT molecular complexity index is 1290. The summed E-state index contributed by atoms with van der Waals surface area (Å²) in [5.41, 5.74) is 1.94. The first-order chi connectivity index (χ1) is 24.8. The van der Waals surface area contributed by atoms with Crippen LogP contribution in [0, 0.1) is 30.6 Å². The summed E-state index contributed by atoms with van der Waals surface area (Å²) in [7, 11) is 2.00. The second kappa shape index (κ2) is 27.7. The molecule has 0 spiro atoms. The van der Waals surface area contributed by atoms with E-state index in [1.54, 1.807) is 0 Å². The van der Waals surface area contributed by atoms with Crippen LogP contribution in [-0.4, -0.2) is 80.9 Å². The van der Waals surface area contributed by atoms with Gasteiger partial charge in [-0.2, -0.15) is 0 Å². The van der Waals surface area contributed by atoms with Crippen LogP contribution in [0.4, 0.5) is 0 Å². The second-order valence-corrected chi connectivity index (χ2v) is 11.8. The molecule has 22 heteroatoms. The third kappa shape index (κ3) is 17.5. The maximum atomic E-state index is 13.4. The maximum Gasteiger partial charge on any atom is 2.00 e. The van der Waals surface area contributed by atoms with Gasteiger partial charge in [-0.15, -0.1) is 0 Å². The van der Waals surface area contributed by atoms with Gasteiger partial charge < -0.3 is 82.5 Å². The van der Waals surface area contributed by atoms with E-state index in [2.05, 4.69) is 21.3 Å². The number of carboxylic acids is 2. The Morgan fingerprint density at radius 1 is 0.537 bits per heavy atom. The Labute approximate surface area is 332 Å². The minimum absolute atomic E-state index is 0. The standard InChI is InChI=1S/C30H40N4O6.2CH4O.2Cu.2NO3/c35-27-19-9-17(29(37)38)11-21(27)15-33-25-7-3-4-8-26(25)34-16-22-12-18(30(39)40)10-20(28(22)36)14-32-24-6-2-1-5-23(24)31-13-19;2*1-2;;;2*2-1(3)4/h9-12,23-26,31-36H,1-8,13-16H2,(H,37,38)(H,39,40);2*2H,1H3;;;;/q;;;2*+2;2*-1/p-2/t23-,24-,25-,26-;;;;;;/m1....../s1. The molecule has 0 amide bonds. The van der Waals surface area contributed by atoms with E-state index in [0.717, 1.165) is 65.6 Å². The Morgan fingerprint density at radius 2 is 0.722 bits per heavy atom. The van der Waals surface area contributed by atoms with Crippen LogP contribution < -0.4 is 31.5 Å². The van der Waals surface area contributed by atoms with Gasteiger partial charge in [0.25, 0.3) is 0 Å². The van der Waals surface area contributed by atoms with Crippen molar-refractivity contribution in [3.8, 4) is 11.5 Å². The van der Waals surface area contributed by atoms with E-state index < -0.39 is 22.1 Å². The number of aliphatic hydroxyl groups is 2. The van der Waals surface area contributed by atoms with Crippen molar-refractivity contribution in [3.05, 3.63) is 88.3 Å². The van der Waals surface area contributed by atoms with E-state index in [-0.39, 0.29) is 107 Å². The molecular weight excluding hydrogens is 819 g/mol. The van der Waals surface area contributed by atoms with E-state index in [4.69, 9.17) is 40.9 Å². The van der Waals surface area contributed by atoms with E-state index in [1.807, 2.05) is 0 Å². The monoisotopic (exact) mass is 864 g/mol. The van der Waals surface area contributed by atoms with Gasteiger partial charge in [0, 0.05) is 64.6 Å². The van der Waals surface area contributed by atoms with Gasteiger partial charge >= 0.3 is 46.1 Å². The van der Waals surface area contributed by atoms with E-state index in [9.17, 15) is 30.0 Å². The quantitative estimate of drug-likeness (QED) is 0.117. The second-order valence-electron chi connectivity index (χ2n) is 11.8. The van der Waals surface area contributed by atoms with Crippen LogP contribution >= 0.6 is 0 Å². The van der Waals surface area contributed by atoms with Gasteiger partial charge in [0.1, 0.15) is 0 Å². The van der Waals surface area contributed by atoms with Crippen LogP contribution in [0.15, 0.2) is 24.3 Å². The number of hydrogen-bond acceptors (Lipinski definition) is 16. The molecule has 310 valence electrons. The van der Waals surface area contributed by atoms with E-state index >= 15 is 0 Å². The minimum Gasteiger partial charge on any atom is -0.872 e. The average molecular weight is 866 g/mol. The smallest absolute Gasteiger partial charge is 0.872 e. The van der Waals surface area contributed by atoms with Crippen molar-refractivity contribution in [2.24, 2.45) is 0 Å². The number of nitrogens with zero attached hydrogens (tertiary/aromatic N) is 2. The summed E-state index contributed by atoms with van der Waals surface area (Å²) in [5.74, 6) is -2.40. The number of hydrogen-bond donors (Lipinski definition) is 8. The molecule has 3 aliphatic rings. The molecule has 1 aliphatic heterocycles. The molecule has 2 radical (unpaired) electrons. The maximum absolute atomic E-state index is 13.4. The summed E-state index contributed by atoms with van der Waals surface area (Å²) in [6.07, 6.45) is 7.56. The molecule has 2 aliphatic carbocycles. The fraction of sp³-hybridized carbons (Fsp3) is 0.562. The fourth-order valence-corrected chi connectivity index (χ4v) is 6.48. The fourth-order valence-electron chi connectivity index (χ4n) is 6.48. The first-order valence-electron chi connectivity index (χ1n) is 16.3. The van der Waals surface area contributed by atoms with Crippen molar-refractivity contribution in [2.45, 2.75) is 102 Å². The Hall–Kier alpha value is -3.82. The number of carboxylic acid groups (broad SMARTS) is 2. The number of fused-ring (bicyclic) bond motifs is 6. The number of nitrogens with one attached hydrogen (secondary N) is 4. The summed E-state index contributed by atoms with van der Waals surface area (Å²) >= 11 is 0. The molecule has 5 rings (SSSR count). The summed E-state index contributed by atoms with van der Waals surface area (Å²) in [6.45, 7) is 0.980. The Morgan fingerprint density at radius 3 is 0.889 bits per heavy atom. The van der Waals surface area contributed by atoms with Crippen molar-refractivity contribution in [1.82, 2.24) is 21.3 Å². The third-order valence-electron chi connectivity index (χ3n) is 8.73. The average Bonchev–Trinajstić information content (AvgIpc) is 3.11. The van der Waals surface area contributed by atoms with E-state index in [1.165, 1.54) is 24.3 Å². The molecule has 2 saturated carbocycles. The summed E-state index contributed by atoms with van der Waals surface area (Å²) < 4.78 is 0. The zero-order chi connectivity index (χ0) is 39.4. The number of benzene rings is 2. The van der Waals surface area contributed by atoms with Crippen molar-refractivity contribution in [3.63, 3.8) is 0 Å². The van der Waals surface area contributed by atoms with E-state index in [0.29, 0.717) is 22.3 Å². The zero-order valence-electron chi connectivity index (χ0n) is 29.5. The number of rotatable bonds is 2. The van der Waals surface area contributed by atoms with Gasteiger partial charge in [0.05, 0.1) is 21.3 Å².